The normalized spacial score (nSPS) is 17.8. The van der Waals surface area contributed by atoms with E-state index in [1.807, 2.05) is 25.8 Å². The Hall–Kier alpha value is -1.44. The van der Waals surface area contributed by atoms with Gasteiger partial charge in [-0.05, 0) is 5.92 Å². The van der Waals surface area contributed by atoms with E-state index in [2.05, 4.69) is 5.10 Å². The number of alkyl halides is 3. The maximum Gasteiger partial charge on any atom is 0.401 e. The van der Waals surface area contributed by atoms with Gasteiger partial charge >= 0.3 is 6.18 Å². The number of nitrogens with zero attached hydrogens (tertiary/aromatic N) is 4. The molecule has 0 spiro atoms. The number of aryl methyl sites for hydroxylation is 1. The number of hydrogen-bond acceptors (Lipinski definition) is 4. The second-order valence-corrected chi connectivity index (χ2v) is 5.78. The molecule has 1 aromatic heterocycles. The van der Waals surface area contributed by atoms with Crippen molar-refractivity contribution in [2.75, 3.05) is 43.4 Å². The predicted molar refractivity (Wildman–Crippen MR) is 76.4 cm³/mol. The number of anilines is 2. The molecule has 8 heteroatoms. The second-order valence-electron chi connectivity index (χ2n) is 5.78. The van der Waals surface area contributed by atoms with Gasteiger partial charge in [0.25, 0.3) is 0 Å². The summed E-state index contributed by atoms with van der Waals surface area (Å²) >= 11 is 0. The number of piperazine rings is 1. The Labute approximate surface area is 122 Å². The van der Waals surface area contributed by atoms with Gasteiger partial charge in [0, 0.05) is 33.2 Å². The number of aromatic nitrogens is 2. The van der Waals surface area contributed by atoms with Gasteiger partial charge in [-0.25, -0.2) is 0 Å². The van der Waals surface area contributed by atoms with Gasteiger partial charge in [-0.1, -0.05) is 13.8 Å². The van der Waals surface area contributed by atoms with E-state index < -0.39 is 12.7 Å². The zero-order valence-electron chi connectivity index (χ0n) is 12.6. The molecule has 1 fully saturated rings. The van der Waals surface area contributed by atoms with Gasteiger partial charge in [-0.2, -0.15) is 18.3 Å². The van der Waals surface area contributed by atoms with E-state index in [4.69, 9.17) is 5.73 Å². The Morgan fingerprint density at radius 2 is 1.76 bits per heavy atom. The lowest BCUT2D eigenvalue weighted by molar-refractivity contribution is -0.146. The standard InChI is InChI=1S/C13H22F3N5/c1-9(2)11-10(17)12(19(3)18-11)21-6-4-20(5-7-21)8-13(14,15)16/h9H,4-8,17H2,1-3H3. The topological polar surface area (TPSA) is 50.3 Å². The van der Waals surface area contributed by atoms with Crippen molar-refractivity contribution in [3.05, 3.63) is 5.69 Å². The summed E-state index contributed by atoms with van der Waals surface area (Å²) in [6.45, 7) is 4.99. The molecule has 2 rings (SSSR count). The fraction of sp³-hybridized carbons (Fsp3) is 0.769. The molecule has 2 N–H and O–H groups in total. The van der Waals surface area contributed by atoms with Crippen LogP contribution < -0.4 is 10.6 Å². The average molecular weight is 305 g/mol. The van der Waals surface area contributed by atoms with Gasteiger partial charge in [0.1, 0.15) is 0 Å². The first-order valence-corrected chi connectivity index (χ1v) is 7.05. The van der Waals surface area contributed by atoms with Crippen LogP contribution in [0.25, 0.3) is 0 Å². The summed E-state index contributed by atoms with van der Waals surface area (Å²) in [6.07, 6.45) is -4.14. The minimum absolute atomic E-state index is 0.219. The Bertz CT molecular complexity index is 487. The Morgan fingerprint density at radius 3 is 2.19 bits per heavy atom. The molecule has 2 heterocycles. The van der Waals surface area contributed by atoms with Crippen molar-refractivity contribution in [3.8, 4) is 0 Å². The van der Waals surface area contributed by atoms with Crippen LogP contribution in [0.1, 0.15) is 25.5 Å². The molecule has 1 aromatic rings. The van der Waals surface area contributed by atoms with Crippen molar-refractivity contribution >= 4 is 11.5 Å². The molecule has 0 unspecified atom stereocenters. The van der Waals surface area contributed by atoms with Crippen LogP contribution in [-0.4, -0.2) is 53.6 Å². The quantitative estimate of drug-likeness (QED) is 0.925. The molecule has 0 aromatic carbocycles. The number of nitrogen functional groups attached to an aromatic ring is 1. The highest BCUT2D eigenvalue weighted by Gasteiger charge is 2.33. The Morgan fingerprint density at radius 1 is 1.19 bits per heavy atom. The first-order chi connectivity index (χ1) is 9.69. The van der Waals surface area contributed by atoms with E-state index >= 15 is 0 Å². The highest BCUT2D eigenvalue weighted by atomic mass is 19.4. The lowest BCUT2D eigenvalue weighted by Gasteiger charge is -2.36. The first-order valence-electron chi connectivity index (χ1n) is 7.05. The van der Waals surface area contributed by atoms with Crippen molar-refractivity contribution in [1.82, 2.24) is 14.7 Å². The van der Waals surface area contributed by atoms with Gasteiger partial charge in [0.05, 0.1) is 17.9 Å². The largest absolute Gasteiger partial charge is 0.401 e. The molecule has 0 amide bonds. The van der Waals surface area contributed by atoms with Gasteiger partial charge in [0.2, 0.25) is 0 Å². The van der Waals surface area contributed by atoms with Crippen LogP contribution in [0.3, 0.4) is 0 Å². The van der Waals surface area contributed by atoms with Crippen molar-refractivity contribution < 1.29 is 13.2 Å². The van der Waals surface area contributed by atoms with Crippen LogP contribution in [0.15, 0.2) is 0 Å². The number of rotatable bonds is 3. The summed E-state index contributed by atoms with van der Waals surface area (Å²) in [7, 11) is 1.82. The molecule has 0 atom stereocenters. The fourth-order valence-corrected chi connectivity index (χ4v) is 2.72. The zero-order valence-corrected chi connectivity index (χ0v) is 12.6. The minimum atomic E-state index is -4.14. The van der Waals surface area contributed by atoms with E-state index in [0.29, 0.717) is 31.9 Å². The maximum absolute atomic E-state index is 12.4. The fourth-order valence-electron chi connectivity index (χ4n) is 2.72. The van der Waals surface area contributed by atoms with Gasteiger partial charge < -0.3 is 10.6 Å². The molecular weight excluding hydrogens is 283 g/mol. The van der Waals surface area contributed by atoms with E-state index in [1.165, 1.54) is 4.90 Å². The van der Waals surface area contributed by atoms with Crippen LogP contribution in [0.4, 0.5) is 24.7 Å². The first kappa shape index (κ1) is 15.9. The van der Waals surface area contributed by atoms with Crippen molar-refractivity contribution in [2.45, 2.75) is 25.9 Å². The molecule has 0 radical (unpaired) electrons. The van der Waals surface area contributed by atoms with Crippen molar-refractivity contribution in [2.24, 2.45) is 7.05 Å². The van der Waals surface area contributed by atoms with E-state index in [9.17, 15) is 13.2 Å². The lowest BCUT2D eigenvalue weighted by Crippen LogP contribution is -2.49. The molecular formula is C13H22F3N5. The predicted octanol–water partition coefficient (Wildman–Crippen LogP) is 1.81. The van der Waals surface area contributed by atoms with Gasteiger partial charge in [0.15, 0.2) is 5.82 Å². The van der Waals surface area contributed by atoms with Crippen LogP contribution in [-0.2, 0) is 7.05 Å². The second kappa shape index (κ2) is 5.75. The van der Waals surface area contributed by atoms with Crippen LogP contribution >= 0.6 is 0 Å². The molecule has 5 nitrogen and oxygen atoms in total. The third-order valence-electron chi connectivity index (χ3n) is 3.70. The highest BCUT2D eigenvalue weighted by molar-refractivity contribution is 5.67. The Kier molecular flexibility index (Phi) is 4.36. The third kappa shape index (κ3) is 3.61. The highest BCUT2D eigenvalue weighted by Crippen LogP contribution is 2.31. The number of halogens is 3. The van der Waals surface area contributed by atoms with Crippen LogP contribution in [0, 0.1) is 0 Å². The Balaban J connectivity index is 2.06. The lowest BCUT2D eigenvalue weighted by atomic mass is 10.1. The number of hydrogen-bond donors (Lipinski definition) is 1. The summed E-state index contributed by atoms with van der Waals surface area (Å²) in [4.78, 5) is 3.44. The molecule has 1 aliphatic heterocycles. The molecule has 1 saturated heterocycles. The third-order valence-corrected chi connectivity index (χ3v) is 3.70. The summed E-state index contributed by atoms with van der Waals surface area (Å²) < 4.78 is 38.9. The van der Waals surface area contributed by atoms with Gasteiger partial charge in [-0.3, -0.25) is 9.58 Å². The molecule has 0 aliphatic carbocycles. The zero-order chi connectivity index (χ0) is 15.8. The van der Waals surface area contributed by atoms with Gasteiger partial charge in [-0.15, -0.1) is 0 Å². The molecule has 120 valence electrons. The summed E-state index contributed by atoms with van der Waals surface area (Å²) in [5.41, 5.74) is 7.63. The molecule has 21 heavy (non-hydrogen) atoms. The van der Waals surface area contributed by atoms with Crippen LogP contribution in [0.2, 0.25) is 0 Å². The van der Waals surface area contributed by atoms with Crippen molar-refractivity contribution in [3.63, 3.8) is 0 Å². The summed E-state index contributed by atoms with van der Waals surface area (Å²) in [6, 6.07) is 0. The monoisotopic (exact) mass is 305 g/mol. The summed E-state index contributed by atoms with van der Waals surface area (Å²) in [5, 5.41) is 4.42. The van der Waals surface area contributed by atoms with E-state index in [0.717, 1.165) is 11.5 Å². The van der Waals surface area contributed by atoms with Crippen molar-refractivity contribution in [1.29, 1.82) is 0 Å². The summed E-state index contributed by atoms with van der Waals surface area (Å²) in [5.74, 6) is 1.03. The van der Waals surface area contributed by atoms with Crippen LogP contribution in [0.5, 0.6) is 0 Å². The average Bonchev–Trinajstić information content (AvgIpc) is 2.64. The van der Waals surface area contributed by atoms with E-state index in [-0.39, 0.29) is 5.92 Å². The number of nitrogens with two attached hydrogens (primary N) is 1. The smallest absolute Gasteiger partial charge is 0.394 e. The maximum atomic E-state index is 12.4. The minimum Gasteiger partial charge on any atom is -0.394 e. The SMILES string of the molecule is CC(C)c1nn(C)c(N2CCN(CC(F)(F)F)CC2)c1N. The molecule has 0 saturated carbocycles. The molecule has 0 bridgehead atoms. The molecule has 1 aliphatic rings. The van der Waals surface area contributed by atoms with E-state index in [1.54, 1.807) is 4.68 Å².